The van der Waals surface area contributed by atoms with Crippen molar-refractivity contribution in [2.24, 2.45) is 0 Å². The second-order valence-electron chi connectivity index (χ2n) is 6.02. The fourth-order valence-corrected chi connectivity index (χ4v) is 3.42. The Morgan fingerprint density at radius 2 is 2.21 bits per heavy atom. The summed E-state index contributed by atoms with van der Waals surface area (Å²) in [5.74, 6) is 0. The molecule has 0 spiro atoms. The van der Waals surface area contributed by atoms with Crippen molar-refractivity contribution in [3.05, 3.63) is 52.8 Å². The second kappa shape index (κ2) is 5.80. The molecule has 1 atom stereocenters. The van der Waals surface area contributed by atoms with Gasteiger partial charge in [-0.25, -0.2) is 16.4 Å². The third kappa shape index (κ3) is 2.69. The number of anilines is 2. The lowest BCUT2D eigenvalue weighted by Crippen LogP contribution is -2.27. The number of hydrogen-bond acceptors (Lipinski definition) is 5. The van der Waals surface area contributed by atoms with Gasteiger partial charge in [0.15, 0.2) is 5.13 Å². The van der Waals surface area contributed by atoms with Crippen LogP contribution in [0.3, 0.4) is 0 Å². The Balaban J connectivity index is 1.41. The van der Waals surface area contributed by atoms with E-state index in [2.05, 4.69) is 15.1 Å². The molecule has 1 amide bonds. The van der Waals surface area contributed by atoms with E-state index in [1.54, 1.807) is 11.1 Å². The molecule has 1 N–H and O–H groups in total. The van der Waals surface area contributed by atoms with Crippen molar-refractivity contribution in [1.82, 2.24) is 4.98 Å². The van der Waals surface area contributed by atoms with E-state index in [9.17, 15) is 4.79 Å². The highest BCUT2D eigenvalue weighted by Gasteiger charge is 2.52. The molecule has 1 aliphatic heterocycles. The fourth-order valence-electron chi connectivity index (χ4n) is 2.89. The van der Waals surface area contributed by atoms with Crippen molar-refractivity contribution in [3.8, 4) is 0 Å². The van der Waals surface area contributed by atoms with E-state index in [0.717, 1.165) is 29.2 Å². The normalized spacial score (nSPS) is 21.2. The van der Waals surface area contributed by atoms with Gasteiger partial charge in [-0.3, -0.25) is 4.90 Å². The van der Waals surface area contributed by atoms with Gasteiger partial charge < -0.3 is 14.9 Å². The molecule has 4 rings (SSSR count). The Bertz CT molecular complexity index is 778. The van der Waals surface area contributed by atoms with Gasteiger partial charge in [-0.1, -0.05) is 0 Å². The zero-order chi connectivity index (χ0) is 16.6. The summed E-state index contributed by atoms with van der Waals surface area (Å²) in [5.41, 5.74) is 1.53. The Labute approximate surface area is 143 Å². The molecule has 2 fully saturated rings. The number of carbonyl (C=O) groups is 1. The molecule has 0 radical (unpaired) electrons. The van der Waals surface area contributed by atoms with Gasteiger partial charge in [0.05, 0.1) is 13.1 Å². The van der Waals surface area contributed by atoms with E-state index in [1.165, 1.54) is 11.3 Å². The number of rotatable bonds is 5. The summed E-state index contributed by atoms with van der Waals surface area (Å²) in [5, 5.41) is 5.89. The lowest BCUT2D eigenvalue weighted by Gasteiger charge is -2.14. The maximum Gasteiger partial charge on any atom is 0.414 e. The number of ether oxygens (including phenoxy) is 1. The predicted octanol–water partition coefficient (Wildman–Crippen LogP) is 3.49. The van der Waals surface area contributed by atoms with Gasteiger partial charge in [0.1, 0.15) is 6.10 Å². The highest BCUT2D eigenvalue weighted by atomic mass is 32.1. The average Bonchev–Trinajstić information content (AvgIpc) is 3.06. The molecule has 0 bridgehead atoms. The number of carbonyl (C=O) groups excluding carboxylic acids is 1. The summed E-state index contributed by atoms with van der Waals surface area (Å²) in [6.07, 6.45) is 3.04. The molecular weight excluding hydrogens is 324 g/mol. The maximum atomic E-state index is 12.1. The summed E-state index contributed by atoms with van der Waals surface area (Å²) < 4.78 is 5.41. The Kier molecular flexibility index (Phi) is 3.62. The van der Waals surface area contributed by atoms with Crippen LogP contribution in [0.4, 0.5) is 15.6 Å². The number of nitrogens with zero attached hydrogens (tertiary/aromatic N) is 3. The van der Waals surface area contributed by atoms with E-state index in [4.69, 9.17) is 11.3 Å². The quantitative estimate of drug-likeness (QED) is 0.847. The first-order valence-corrected chi connectivity index (χ1v) is 8.69. The summed E-state index contributed by atoms with van der Waals surface area (Å²) >= 11 is 1.52. The third-order valence-corrected chi connectivity index (χ3v) is 5.17. The topological polar surface area (TPSA) is 58.8 Å². The molecule has 2 heterocycles. The Morgan fingerprint density at radius 1 is 1.42 bits per heavy atom. The second-order valence-corrected chi connectivity index (χ2v) is 6.92. The van der Waals surface area contributed by atoms with Crippen molar-refractivity contribution in [1.29, 1.82) is 0 Å². The first-order chi connectivity index (χ1) is 11.7. The monoisotopic (exact) mass is 340 g/mol. The standard InChI is InChI=1S/C17H16N4O2S/c1-18-17(6-7-17)12-2-4-13(5-3-12)21-11-14(23-16(21)22)10-20-15-19-8-9-24-15/h2-5,8-9,14H,6-7,10-11H2,(H,19,20)/t14-/m0/s1. The molecule has 0 unspecified atom stereocenters. The molecule has 1 aromatic heterocycles. The zero-order valence-corrected chi connectivity index (χ0v) is 13.8. The van der Waals surface area contributed by atoms with Crippen LogP contribution in [0.1, 0.15) is 18.4 Å². The van der Waals surface area contributed by atoms with Gasteiger partial charge in [-0.05, 0) is 24.3 Å². The van der Waals surface area contributed by atoms with Crippen LogP contribution in [0.25, 0.3) is 4.85 Å². The smallest absolute Gasteiger partial charge is 0.414 e. The van der Waals surface area contributed by atoms with Crippen LogP contribution in [0.2, 0.25) is 0 Å². The molecule has 24 heavy (non-hydrogen) atoms. The van der Waals surface area contributed by atoms with Gasteiger partial charge >= 0.3 is 6.09 Å². The number of amides is 1. The SMILES string of the molecule is [C-]#[N+]C1(c2ccc(N3C[C@H](CNc4nccs4)OC3=O)cc2)CC1. The van der Waals surface area contributed by atoms with Crippen molar-refractivity contribution in [2.45, 2.75) is 24.5 Å². The molecule has 2 aromatic rings. The summed E-state index contributed by atoms with van der Waals surface area (Å²) in [6, 6.07) is 7.71. The maximum absolute atomic E-state index is 12.1. The molecule has 122 valence electrons. The first kappa shape index (κ1) is 15.0. The third-order valence-electron chi connectivity index (χ3n) is 4.44. The summed E-state index contributed by atoms with van der Waals surface area (Å²) in [4.78, 5) is 21.6. The molecule has 1 saturated heterocycles. The Hall–Kier alpha value is -2.59. The minimum atomic E-state index is -0.333. The van der Waals surface area contributed by atoms with Gasteiger partial charge in [-0.2, -0.15) is 0 Å². The number of nitrogens with one attached hydrogen (secondary N) is 1. The molecular formula is C17H16N4O2S. The highest BCUT2D eigenvalue weighted by Crippen LogP contribution is 2.49. The van der Waals surface area contributed by atoms with E-state index in [1.807, 2.05) is 29.6 Å². The minimum Gasteiger partial charge on any atom is -0.442 e. The van der Waals surface area contributed by atoms with Gasteiger partial charge in [-0.15, -0.1) is 11.3 Å². The molecule has 2 aliphatic rings. The van der Waals surface area contributed by atoms with Crippen LogP contribution in [-0.2, 0) is 10.3 Å². The van der Waals surface area contributed by atoms with Crippen molar-refractivity contribution < 1.29 is 9.53 Å². The molecule has 7 heteroatoms. The fraction of sp³-hybridized carbons (Fsp3) is 0.353. The van der Waals surface area contributed by atoms with E-state index >= 15 is 0 Å². The van der Waals surface area contributed by atoms with Gasteiger partial charge in [0.2, 0.25) is 0 Å². The number of thiazole rings is 1. The van der Waals surface area contributed by atoms with Crippen LogP contribution >= 0.6 is 11.3 Å². The largest absolute Gasteiger partial charge is 0.442 e. The number of cyclic esters (lactones) is 1. The molecule has 6 nitrogen and oxygen atoms in total. The summed E-state index contributed by atoms with van der Waals surface area (Å²) in [7, 11) is 0. The highest BCUT2D eigenvalue weighted by molar-refractivity contribution is 7.13. The summed E-state index contributed by atoms with van der Waals surface area (Å²) in [6.45, 7) is 8.36. The van der Waals surface area contributed by atoms with Crippen LogP contribution in [0.15, 0.2) is 35.8 Å². The van der Waals surface area contributed by atoms with E-state index in [-0.39, 0.29) is 17.7 Å². The van der Waals surface area contributed by atoms with E-state index in [0.29, 0.717) is 13.1 Å². The predicted molar refractivity (Wildman–Crippen MR) is 92.2 cm³/mol. The van der Waals surface area contributed by atoms with Crippen LogP contribution in [-0.4, -0.2) is 30.3 Å². The lowest BCUT2D eigenvalue weighted by molar-refractivity contribution is 0.147. The van der Waals surface area contributed by atoms with Crippen LogP contribution in [0, 0.1) is 6.57 Å². The number of aromatic nitrogens is 1. The Morgan fingerprint density at radius 3 is 2.83 bits per heavy atom. The van der Waals surface area contributed by atoms with Crippen molar-refractivity contribution in [3.63, 3.8) is 0 Å². The van der Waals surface area contributed by atoms with Crippen LogP contribution in [0.5, 0.6) is 0 Å². The lowest BCUT2D eigenvalue weighted by atomic mass is 10.1. The average molecular weight is 340 g/mol. The zero-order valence-electron chi connectivity index (χ0n) is 12.9. The van der Waals surface area contributed by atoms with Crippen LogP contribution < -0.4 is 10.2 Å². The molecule has 1 aromatic carbocycles. The molecule has 1 saturated carbocycles. The van der Waals surface area contributed by atoms with Crippen molar-refractivity contribution in [2.75, 3.05) is 23.3 Å². The number of hydrogen-bond donors (Lipinski definition) is 1. The molecule has 1 aliphatic carbocycles. The van der Waals surface area contributed by atoms with Gasteiger partial charge in [0, 0.05) is 35.7 Å². The van der Waals surface area contributed by atoms with Crippen molar-refractivity contribution >= 4 is 28.2 Å². The van der Waals surface area contributed by atoms with E-state index < -0.39 is 0 Å². The van der Waals surface area contributed by atoms with Gasteiger partial charge in [0.25, 0.3) is 5.54 Å². The first-order valence-electron chi connectivity index (χ1n) is 7.81. The minimum absolute atomic E-state index is 0.209. The number of benzene rings is 1.